The van der Waals surface area contributed by atoms with Crippen molar-refractivity contribution in [2.75, 3.05) is 18.4 Å². The van der Waals surface area contributed by atoms with E-state index in [2.05, 4.69) is 48.7 Å². The highest BCUT2D eigenvalue weighted by atomic mass is 15.1. The zero-order valence-electron chi connectivity index (χ0n) is 15.0. The maximum Gasteiger partial charge on any atom is 0.150 e. The number of rotatable bonds is 5. The van der Waals surface area contributed by atoms with Gasteiger partial charge in [-0.15, -0.1) is 0 Å². The average Bonchev–Trinajstić information content (AvgIpc) is 3.43. The summed E-state index contributed by atoms with van der Waals surface area (Å²) in [5.41, 5.74) is 4.31. The Bertz CT molecular complexity index is 1050. The molecule has 7 nitrogen and oxygen atoms in total. The zero-order chi connectivity index (χ0) is 18.1. The van der Waals surface area contributed by atoms with Crippen molar-refractivity contribution in [2.45, 2.75) is 19.4 Å². The number of hydrogen-bond donors (Lipinski definition) is 2. The number of aromatic nitrogens is 5. The number of anilines is 2. The molecular weight excluding hydrogens is 338 g/mol. The summed E-state index contributed by atoms with van der Waals surface area (Å²) >= 11 is 0. The minimum atomic E-state index is 0.783. The predicted octanol–water partition coefficient (Wildman–Crippen LogP) is 3.46. The van der Waals surface area contributed by atoms with E-state index in [1.165, 1.54) is 31.5 Å². The molecule has 0 radical (unpaired) electrons. The van der Waals surface area contributed by atoms with Crippen LogP contribution in [-0.2, 0) is 6.54 Å². The third-order valence-corrected chi connectivity index (χ3v) is 4.97. The molecular formula is C20H21N7. The van der Waals surface area contributed by atoms with Crippen molar-refractivity contribution in [3.63, 3.8) is 0 Å². The van der Waals surface area contributed by atoms with Crippen LogP contribution in [0.15, 0.2) is 55.2 Å². The summed E-state index contributed by atoms with van der Waals surface area (Å²) in [6, 6.07) is 8.25. The van der Waals surface area contributed by atoms with Crippen molar-refractivity contribution in [2.24, 2.45) is 0 Å². The molecule has 0 amide bonds. The summed E-state index contributed by atoms with van der Waals surface area (Å²) in [6.45, 7) is 3.36. The fraction of sp³-hybridized carbons (Fsp3) is 0.250. The molecule has 0 spiro atoms. The van der Waals surface area contributed by atoms with Gasteiger partial charge in [0.05, 0.1) is 12.4 Å². The molecule has 1 saturated heterocycles. The van der Waals surface area contributed by atoms with Gasteiger partial charge in [0.15, 0.2) is 5.82 Å². The summed E-state index contributed by atoms with van der Waals surface area (Å²) in [5.74, 6) is 1.61. The molecule has 2 N–H and O–H groups in total. The van der Waals surface area contributed by atoms with Crippen molar-refractivity contribution in [1.82, 2.24) is 29.5 Å². The smallest absolute Gasteiger partial charge is 0.150 e. The molecule has 0 unspecified atom stereocenters. The molecule has 1 aliphatic rings. The minimum absolute atomic E-state index is 0.783. The lowest BCUT2D eigenvalue weighted by molar-refractivity contribution is 0.331. The SMILES string of the molecule is c1cc(CN2CCCC2)cc(Nc2cn3cc(-c4cn[nH]c4)ccc3n2)n1. The number of fused-ring (bicyclic) bond motifs is 1. The molecule has 0 saturated carbocycles. The molecule has 7 heteroatoms. The summed E-state index contributed by atoms with van der Waals surface area (Å²) < 4.78 is 2.01. The fourth-order valence-corrected chi connectivity index (χ4v) is 3.60. The second-order valence-electron chi connectivity index (χ2n) is 6.95. The van der Waals surface area contributed by atoms with Gasteiger partial charge in [0.1, 0.15) is 11.5 Å². The molecule has 0 aromatic carbocycles. The Morgan fingerprint density at radius 3 is 2.81 bits per heavy atom. The lowest BCUT2D eigenvalue weighted by Crippen LogP contribution is -2.18. The Morgan fingerprint density at radius 1 is 1.04 bits per heavy atom. The maximum absolute atomic E-state index is 4.64. The first-order valence-electron chi connectivity index (χ1n) is 9.26. The Morgan fingerprint density at radius 2 is 1.96 bits per heavy atom. The second kappa shape index (κ2) is 6.85. The summed E-state index contributed by atoms with van der Waals surface area (Å²) in [6.07, 6.45) is 12.2. The van der Waals surface area contributed by atoms with Crippen LogP contribution in [0.5, 0.6) is 0 Å². The molecule has 136 valence electrons. The van der Waals surface area contributed by atoms with Crippen molar-refractivity contribution in [3.8, 4) is 11.1 Å². The second-order valence-corrected chi connectivity index (χ2v) is 6.95. The van der Waals surface area contributed by atoms with Gasteiger partial charge in [0.2, 0.25) is 0 Å². The largest absolute Gasteiger partial charge is 0.324 e. The third kappa shape index (κ3) is 3.41. The van der Waals surface area contributed by atoms with Crippen molar-refractivity contribution in [3.05, 3.63) is 60.8 Å². The van der Waals surface area contributed by atoms with Crippen LogP contribution in [-0.4, -0.2) is 42.6 Å². The van der Waals surface area contributed by atoms with Crippen molar-refractivity contribution >= 4 is 17.3 Å². The molecule has 1 fully saturated rings. The van der Waals surface area contributed by atoms with Crippen LogP contribution in [0.25, 0.3) is 16.8 Å². The van der Waals surface area contributed by atoms with Gasteiger partial charge < -0.3 is 9.72 Å². The molecule has 4 aromatic rings. The first-order chi connectivity index (χ1) is 13.3. The van der Waals surface area contributed by atoms with E-state index in [9.17, 15) is 0 Å². The molecule has 5 heterocycles. The molecule has 5 rings (SSSR count). The topological polar surface area (TPSA) is 74.1 Å². The number of H-pyrrole nitrogens is 1. The number of pyridine rings is 2. The van der Waals surface area contributed by atoms with Gasteiger partial charge in [0.25, 0.3) is 0 Å². The maximum atomic E-state index is 4.64. The van der Waals surface area contributed by atoms with Crippen LogP contribution in [0.1, 0.15) is 18.4 Å². The standard InChI is InChI=1S/C20H21N7/c1-2-8-26(7-1)12-15-5-6-21-18(9-15)24-19-14-27-13-16(3-4-20(27)25-19)17-10-22-23-11-17/h3-6,9-11,13-14H,1-2,7-8,12H2,(H,21,24)(H,22,23). The Labute approximate surface area is 157 Å². The third-order valence-electron chi connectivity index (χ3n) is 4.97. The van der Waals surface area contributed by atoms with Crippen molar-refractivity contribution in [1.29, 1.82) is 0 Å². The zero-order valence-corrected chi connectivity index (χ0v) is 15.0. The van der Waals surface area contributed by atoms with E-state index in [0.717, 1.165) is 35.0 Å². The monoisotopic (exact) mass is 359 g/mol. The van der Waals surface area contributed by atoms with Gasteiger partial charge in [0, 0.05) is 36.3 Å². The van der Waals surface area contributed by atoms with Gasteiger partial charge in [-0.25, -0.2) is 9.97 Å². The fourth-order valence-electron chi connectivity index (χ4n) is 3.60. The lowest BCUT2D eigenvalue weighted by Gasteiger charge is -2.14. The number of nitrogens with one attached hydrogen (secondary N) is 2. The van der Waals surface area contributed by atoms with Crippen LogP contribution >= 0.6 is 0 Å². The molecule has 27 heavy (non-hydrogen) atoms. The van der Waals surface area contributed by atoms with Crippen LogP contribution in [0.2, 0.25) is 0 Å². The average molecular weight is 359 g/mol. The summed E-state index contributed by atoms with van der Waals surface area (Å²) in [4.78, 5) is 11.6. The molecule has 0 aliphatic carbocycles. The number of likely N-dealkylation sites (tertiary alicyclic amines) is 1. The highest BCUT2D eigenvalue weighted by molar-refractivity contribution is 5.65. The van der Waals surface area contributed by atoms with Gasteiger partial charge in [-0.05, 0) is 55.8 Å². The lowest BCUT2D eigenvalue weighted by atomic mass is 10.2. The molecule has 1 aliphatic heterocycles. The van der Waals surface area contributed by atoms with E-state index in [1.807, 2.05) is 41.3 Å². The molecule has 0 bridgehead atoms. The minimum Gasteiger partial charge on any atom is -0.324 e. The molecule has 4 aromatic heterocycles. The van der Waals surface area contributed by atoms with E-state index >= 15 is 0 Å². The number of imidazole rings is 1. The summed E-state index contributed by atoms with van der Waals surface area (Å²) in [7, 11) is 0. The highest BCUT2D eigenvalue weighted by Gasteiger charge is 2.12. The van der Waals surface area contributed by atoms with Gasteiger partial charge in [-0.3, -0.25) is 10.00 Å². The Kier molecular flexibility index (Phi) is 4.06. The van der Waals surface area contributed by atoms with E-state index in [1.54, 1.807) is 0 Å². The first kappa shape index (κ1) is 16.0. The van der Waals surface area contributed by atoms with E-state index < -0.39 is 0 Å². The molecule has 0 atom stereocenters. The number of hydrogen-bond acceptors (Lipinski definition) is 5. The normalized spacial score (nSPS) is 14.8. The first-order valence-corrected chi connectivity index (χ1v) is 9.26. The van der Waals surface area contributed by atoms with E-state index in [-0.39, 0.29) is 0 Å². The van der Waals surface area contributed by atoms with Crippen LogP contribution in [0.4, 0.5) is 11.6 Å². The quantitative estimate of drug-likeness (QED) is 0.571. The predicted molar refractivity (Wildman–Crippen MR) is 105 cm³/mol. The number of nitrogens with zero attached hydrogens (tertiary/aromatic N) is 5. The number of aromatic amines is 1. The van der Waals surface area contributed by atoms with E-state index in [4.69, 9.17) is 0 Å². The highest BCUT2D eigenvalue weighted by Crippen LogP contribution is 2.21. The Balaban J connectivity index is 1.36. The van der Waals surface area contributed by atoms with Gasteiger partial charge in [-0.2, -0.15) is 5.10 Å². The van der Waals surface area contributed by atoms with Gasteiger partial charge >= 0.3 is 0 Å². The Hall–Kier alpha value is -3.19. The van der Waals surface area contributed by atoms with E-state index in [0.29, 0.717) is 0 Å². The van der Waals surface area contributed by atoms with Crippen LogP contribution in [0.3, 0.4) is 0 Å². The summed E-state index contributed by atoms with van der Waals surface area (Å²) in [5, 5.41) is 10.2. The van der Waals surface area contributed by atoms with Crippen LogP contribution in [0, 0.1) is 0 Å². The van der Waals surface area contributed by atoms with Crippen molar-refractivity contribution < 1.29 is 0 Å². The van der Waals surface area contributed by atoms with Gasteiger partial charge in [-0.1, -0.05) is 0 Å². The van der Waals surface area contributed by atoms with Crippen LogP contribution < -0.4 is 5.32 Å².